The van der Waals surface area contributed by atoms with Gasteiger partial charge in [0.2, 0.25) is 0 Å². The number of nitrogens with zero attached hydrogens (tertiary/aromatic N) is 1. The van der Waals surface area contributed by atoms with E-state index in [1.54, 1.807) is 0 Å². The summed E-state index contributed by atoms with van der Waals surface area (Å²) >= 11 is 0. The smallest absolute Gasteiger partial charge is 0.257 e. The highest BCUT2D eigenvalue weighted by molar-refractivity contribution is 7.89. The second-order valence-electron chi connectivity index (χ2n) is 4.45. The Labute approximate surface area is 95.7 Å². The van der Waals surface area contributed by atoms with Crippen molar-refractivity contribution in [1.82, 2.24) is 14.9 Å². The maximum atomic E-state index is 11.8. The van der Waals surface area contributed by atoms with Crippen molar-refractivity contribution in [2.75, 3.05) is 6.54 Å². The molecule has 5 nitrogen and oxygen atoms in total. The highest BCUT2D eigenvalue weighted by Gasteiger charge is 2.36. The molecule has 90 valence electrons. The average molecular weight is 243 g/mol. The lowest BCUT2D eigenvalue weighted by Gasteiger charge is -2.41. The quantitative estimate of drug-likeness (QED) is 0.817. The maximum Gasteiger partial charge on any atom is 0.257 e. The van der Waals surface area contributed by atoms with Gasteiger partial charge in [-0.15, -0.1) is 0 Å². The van der Waals surface area contributed by atoms with Crippen LogP contribution in [0.15, 0.2) is 17.3 Å². The van der Waals surface area contributed by atoms with Gasteiger partial charge in [0.1, 0.15) is 0 Å². The van der Waals surface area contributed by atoms with Crippen molar-refractivity contribution < 1.29 is 8.42 Å². The summed E-state index contributed by atoms with van der Waals surface area (Å²) < 4.78 is 26.3. The van der Waals surface area contributed by atoms with E-state index >= 15 is 0 Å². The van der Waals surface area contributed by atoms with Crippen LogP contribution in [0.2, 0.25) is 0 Å². The Balaban J connectivity index is 2.00. The lowest BCUT2D eigenvalue weighted by Crippen LogP contribution is -2.41. The molecule has 2 rings (SSSR count). The molecule has 0 bridgehead atoms. The van der Waals surface area contributed by atoms with Crippen molar-refractivity contribution in [3.05, 3.63) is 12.3 Å². The summed E-state index contributed by atoms with van der Waals surface area (Å²) in [5.74, 6) is 0. The van der Waals surface area contributed by atoms with Gasteiger partial charge < -0.3 is 0 Å². The summed E-state index contributed by atoms with van der Waals surface area (Å²) in [6.07, 6.45) is 5.91. The zero-order valence-corrected chi connectivity index (χ0v) is 10.2. The van der Waals surface area contributed by atoms with Crippen molar-refractivity contribution >= 4 is 10.0 Å². The second-order valence-corrected chi connectivity index (χ2v) is 6.19. The van der Waals surface area contributed by atoms with E-state index in [9.17, 15) is 8.42 Å². The van der Waals surface area contributed by atoms with Gasteiger partial charge >= 0.3 is 0 Å². The molecule has 0 radical (unpaired) electrons. The van der Waals surface area contributed by atoms with Crippen molar-refractivity contribution in [3.8, 4) is 0 Å². The summed E-state index contributed by atoms with van der Waals surface area (Å²) in [4.78, 5) is 0. The fourth-order valence-electron chi connectivity index (χ4n) is 2.05. The normalized spacial score (nSPS) is 19.3. The van der Waals surface area contributed by atoms with E-state index < -0.39 is 10.0 Å². The molecule has 1 heterocycles. The minimum atomic E-state index is -3.40. The topological polar surface area (TPSA) is 74.8 Å². The maximum absolute atomic E-state index is 11.8. The lowest BCUT2D eigenvalue weighted by molar-refractivity contribution is 0.133. The van der Waals surface area contributed by atoms with Crippen LogP contribution in [-0.4, -0.2) is 25.2 Å². The Hall–Kier alpha value is -0.880. The van der Waals surface area contributed by atoms with Crippen molar-refractivity contribution in [3.63, 3.8) is 0 Å². The van der Waals surface area contributed by atoms with Gasteiger partial charge in [-0.25, -0.2) is 13.1 Å². The van der Waals surface area contributed by atoms with Crippen LogP contribution in [0.3, 0.4) is 0 Å². The van der Waals surface area contributed by atoms with Gasteiger partial charge in [0.05, 0.1) is 6.20 Å². The molecule has 1 fully saturated rings. The summed E-state index contributed by atoms with van der Waals surface area (Å²) in [5.41, 5.74) is 0.188. The molecule has 6 heteroatoms. The number of sulfonamides is 1. The van der Waals surface area contributed by atoms with E-state index in [1.165, 1.54) is 18.7 Å². The number of aromatic nitrogens is 2. The van der Waals surface area contributed by atoms with Gasteiger partial charge in [-0.2, -0.15) is 5.10 Å². The van der Waals surface area contributed by atoms with Crippen molar-refractivity contribution in [2.45, 2.75) is 37.6 Å². The highest BCUT2D eigenvalue weighted by atomic mass is 32.2. The van der Waals surface area contributed by atoms with Crippen LogP contribution >= 0.6 is 0 Å². The second kappa shape index (κ2) is 4.18. The first-order chi connectivity index (χ1) is 7.58. The molecule has 0 atom stereocenters. The van der Waals surface area contributed by atoms with Gasteiger partial charge in [-0.3, -0.25) is 5.10 Å². The molecule has 1 aliphatic rings. The predicted octanol–water partition coefficient (Wildman–Crippen LogP) is 1.27. The Morgan fingerprint density at radius 1 is 1.56 bits per heavy atom. The largest absolute Gasteiger partial charge is 0.266 e. The van der Waals surface area contributed by atoms with Crippen LogP contribution in [0.25, 0.3) is 0 Å². The molecular formula is C10H17N3O2S. The van der Waals surface area contributed by atoms with Gasteiger partial charge in [0.25, 0.3) is 10.0 Å². The summed E-state index contributed by atoms with van der Waals surface area (Å²) in [6.45, 7) is 2.65. The van der Waals surface area contributed by atoms with Crippen molar-refractivity contribution in [1.29, 1.82) is 0 Å². The first-order valence-electron chi connectivity index (χ1n) is 5.57. The molecule has 2 N–H and O–H groups in total. The Morgan fingerprint density at radius 2 is 2.31 bits per heavy atom. The molecule has 1 aromatic rings. The van der Waals surface area contributed by atoms with Gasteiger partial charge in [0.15, 0.2) is 5.03 Å². The lowest BCUT2D eigenvalue weighted by atomic mass is 9.67. The number of H-pyrrole nitrogens is 1. The van der Waals surface area contributed by atoms with Crippen LogP contribution < -0.4 is 4.72 Å². The number of rotatable bonds is 5. The Morgan fingerprint density at radius 3 is 2.75 bits per heavy atom. The van der Waals surface area contributed by atoms with Crippen LogP contribution in [0.4, 0.5) is 0 Å². The molecule has 16 heavy (non-hydrogen) atoms. The van der Waals surface area contributed by atoms with E-state index in [4.69, 9.17) is 0 Å². The SMILES string of the molecule is CCC1(CNS(=O)(=O)c2ccn[nH]2)CCC1. The fraction of sp³-hybridized carbons (Fsp3) is 0.700. The third kappa shape index (κ3) is 2.12. The number of aromatic amines is 1. The molecule has 1 aromatic heterocycles. The zero-order chi connectivity index (χ0) is 11.6. The van der Waals surface area contributed by atoms with E-state index in [0.29, 0.717) is 6.54 Å². The van der Waals surface area contributed by atoms with Gasteiger partial charge in [0, 0.05) is 6.54 Å². The third-order valence-electron chi connectivity index (χ3n) is 3.57. The van der Waals surface area contributed by atoms with E-state index in [1.807, 2.05) is 0 Å². The fourth-order valence-corrected chi connectivity index (χ4v) is 3.12. The molecule has 0 saturated heterocycles. The highest BCUT2D eigenvalue weighted by Crippen LogP contribution is 2.43. The summed E-state index contributed by atoms with van der Waals surface area (Å²) in [5, 5.41) is 6.25. The molecule has 0 aromatic carbocycles. The van der Waals surface area contributed by atoms with Crippen molar-refractivity contribution in [2.24, 2.45) is 5.41 Å². The molecule has 0 amide bonds. The van der Waals surface area contributed by atoms with Gasteiger partial charge in [-0.05, 0) is 30.7 Å². The number of hydrogen-bond donors (Lipinski definition) is 2. The minimum absolute atomic E-state index is 0.137. The third-order valence-corrected chi connectivity index (χ3v) is 4.90. The van der Waals surface area contributed by atoms with Crippen LogP contribution in [0, 0.1) is 5.41 Å². The summed E-state index contributed by atoms with van der Waals surface area (Å²) in [6, 6.07) is 1.46. The minimum Gasteiger partial charge on any atom is -0.266 e. The first kappa shape index (κ1) is 11.6. The molecule has 0 spiro atoms. The predicted molar refractivity (Wildman–Crippen MR) is 60.4 cm³/mol. The van der Waals surface area contributed by atoms with Crippen LogP contribution in [0.1, 0.15) is 32.6 Å². The van der Waals surface area contributed by atoms with Crippen LogP contribution in [-0.2, 0) is 10.0 Å². The van der Waals surface area contributed by atoms with E-state index in [2.05, 4.69) is 21.8 Å². The Bertz CT molecular complexity index is 429. The van der Waals surface area contributed by atoms with E-state index in [0.717, 1.165) is 19.3 Å². The van der Waals surface area contributed by atoms with E-state index in [-0.39, 0.29) is 10.4 Å². The standard InChI is InChI=1S/C10H17N3O2S/c1-2-10(5-3-6-10)8-12-16(14,15)9-4-7-11-13-9/h4,7,12H,2-3,5-6,8H2,1H3,(H,11,13). The zero-order valence-electron chi connectivity index (χ0n) is 9.36. The molecule has 1 saturated carbocycles. The monoisotopic (exact) mass is 243 g/mol. The van der Waals surface area contributed by atoms with Gasteiger partial charge in [-0.1, -0.05) is 13.3 Å². The molecule has 0 aliphatic heterocycles. The first-order valence-corrected chi connectivity index (χ1v) is 7.05. The molecular weight excluding hydrogens is 226 g/mol. The van der Waals surface area contributed by atoms with Crippen LogP contribution in [0.5, 0.6) is 0 Å². The number of hydrogen-bond acceptors (Lipinski definition) is 3. The average Bonchev–Trinajstić information content (AvgIpc) is 2.70. The summed E-state index contributed by atoms with van der Waals surface area (Å²) in [7, 11) is -3.40. The Kier molecular flexibility index (Phi) is 3.03. The molecule has 1 aliphatic carbocycles. The molecule has 0 unspecified atom stereocenters. The number of nitrogens with one attached hydrogen (secondary N) is 2.